The Labute approximate surface area is 179 Å². The number of nitrogens with zero attached hydrogens (tertiary/aromatic N) is 5. The second kappa shape index (κ2) is 6.71. The average molecular weight is 404 g/mol. The number of rotatable bonds is 0. The minimum absolute atomic E-state index is 0.993. The third kappa shape index (κ3) is 2.56. The van der Waals surface area contributed by atoms with Crippen LogP contribution in [-0.4, -0.2) is 18.4 Å². The van der Waals surface area contributed by atoms with Crippen LogP contribution in [0.25, 0.3) is 44.5 Å². The summed E-state index contributed by atoms with van der Waals surface area (Å²) in [5.41, 5.74) is 8.36. The highest BCUT2D eigenvalue weighted by Crippen LogP contribution is 2.24. The van der Waals surface area contributed by atoms with Gasteiger partial charge in [0.1, 0.15) is 0 Å². The number of hydrogen-bond donors (Lipinski definition) is 0. The normalized spacial score (nSPS) is 11.5. The molecule has 3 aromatic carbocycles. The number of aromatic nitrogens is 5. The van der Waals surface area contributed by atoms with Gasteiger partial charge in [0, 0.05) is 13.1 Å². The Kier molecular flexibility index (Phi) is 3.83. The summed E-state index contributed by atoms with van der Waals surface area (Å²) < 4.78 is 8.75. The predicted octanol–water partition coefficient (Wildman–Crippen LogP) is 4.90. The molecule has 0 spiro atoms. The molecule has 7 aromatic rings. The van der Waals surface area contributed by atoms with Crippen molar-refractivity contribution in [1.82, 2.24) is 18.4 Å². The van der Waals surface area contributed by atoms with Crippen LogP contribution in [-0.2, 0) is 14.1 Å². The van der Waals surface area contributed by atoms with Gasteiger partial charge in [0.2, 0.25) is 5.78 Å². The Balaban J connectivity index is 0.000000122. The minimum atomic E-state index is 0.993. The molecule has 4 aromatic heterocycles. The van der Waals surface area contributed by atoms with E-state index >= 15 is 0 Å². The first-order valence-corrected chi connectivity index (χ1v) is 10.4. The second-order valence-electron chi connectivity index (χ2n) is 7.76. The van der Waals surface area contributed by atoms with Crippen molar-refractivity contribution in [2.75, 3.05) is 0 Å². The van der Waals surface area contributed by atoms with Crippen molar-refractivity contribution in [1.29, 1.82) is 0 Å². The molecule has 0 radical (unpaired) electrons. The number of imidazole rings is 3. The fourth-order valence-corrected chi connectivity index (χ4v) is 4.51. The molecule has 150 valence electrons. The van der Waals surface area contributed by atoms with Crippen LogP contribution in [0.3, 0.4) is 0 Å². The first-order valence-electron chi connectivity index (χ1n) is 10.4. The molecule has 0 atom stereocenters. The summed E-state index contributed by atoms with van der Waals surface area (Å²) in [4.78, 5) is 4.68. The topological polar surface area (TPSA) is 30.5 Å². The fraction of sp³-hybridized carbons (Fsp3) is 0.0769. The maximum absolute atomic E-state index is 4.68. The molecule has 0 N–H and O–H groups in total. The van der Waals surface area contributed by atoms with Gasteiger partial charge in [-0.15, -0.1) is 0 Å². The monoisotopic (exact) mass is 404 g/mol. The van der Waals surface area contributed by atoms with Crippen LogP contribution < -0.4 is 4.57 Å². The number of hydrogen-bond acceptors (Lipinski definition) is 1. The van der Waals surface area contributed by atoms with Crippen LogP contribution in [0.15, 0.2) is 97.2 Å². The van der Waals surface area contributed by atoms with E-state index in [2.05, 4.69) is 128 Å². The lowest BCUT2D eigenvalue weighted by Gasteiger charge is -1.94. The van der Waals surface area contributed by atoms with Crippen molar-refractivity contribution >= 4 is 44.5 Å². The average Bonchev–Trinajstić information content (AvgIpc) is 3.44. The van der Waals surface area contributed by atoms with E-state index in [0.717, 1.165) is 11.3 Å². The zero-order valence-corrected chi connectivity index (χ0v) is 17.5. The Hall–Kier alpha value is -4.12. The number of pyridine rings is 1. The Morgan fingerprint density at radius 3 is 2.16 bits per heavy atom. The van der Waals surface area contributed by atoms with Gasteiger partial charge in [0.25, 0.3) is 5.65 Å². The van der Waals surface area contributed by atoms with Gasteiger partial charge in [0.15, 0.2) is 11.0 Å². The van der Waals surface area contributed by atoms with Crippen LogP contribution in [0.4, 0.5) is 0 Å². The number of fused-ring (bicyclic) bond motifs is 8. The van der Waals surface area contributed by atoms with Gasteiger partial charge in [-0.1, -0.05) is 42.5 Å². The maximum atomic E-state index is 4.68. The number of benzene rings is 3. The highest BCUT2D eigenvalue weighted by Gasteiger charge is 2.14. The van der Waals surface area contributed by atoms with E-state index in [9.17, 15) is 0 Å². The molecule has 31 heavy (non-hydrogen) atoms. The Bertz CT molecular complexity index is 1660. The first kappa shape index (κ1) is 17.7. The van der Waals surface area contributed by atoms with Gasteiger partial charge in [0.05, 0.1) is 35.3 Å². The molecular formula is C26H22N5+. The minimum Gasteiger partial charge on any atom is -0.313 e. The molecular weight excluding hydrogens is 382 g/mol. The SMILES string of the molecule is C[n+]1c2ccccc2n2ccccc21.Cn1c2ccccc2n2c3ccccc3nc12. The van der Waals surface area contributed by atoms with Gasteiger partial charge < -0.3 is 4.57 Å². The molecule has 0 bridgehead atoms. The third-order valence-electron chi connectivity index (χ3n) is 6.01. The largest absolute Gasteiger partial charge is 0.313 e. The zero-order valence-electron chi connectivity index (χ0n) is 17.5. The van der Waals surface area contributed by atoms with Crippen molar-refractivity contribution in [2.24, 2.45) is 14.1 Å². The molecule has 0 fully saturated rings. The molecule has 0 unspecified atom stereocenters. The Morgan fingerprint density at radius 1 is 0.677 bits per heavy atom. The number of para-hydroxylation sites is 6. The molecule has 7 rings (SSSR count). The summed E-state index contributed by atoms with van der Waals surface area (Å²) >= 11 is 0. The van der Waals surface area contributed by atoms with E-state index < -0.39 is 0 Å². The summed E-state index contributed by atoms with van der Waals surface area (Å²) in [5.74, 6) is 0.993. The van der Waals surface area contributed by atoms with Crippen LogP contribution in [0.1, 0.15) is 0 Å². The summed E-state index contributed by atoms with van der Waals surface area (Å²) in [6.45, 7) is 0. The first-order chi connectivity index (χ1) is 15.2. The van der Waals surface area contributed by atoms with Crippen molar-refractivity contribution in [3.8, 4) is 0 Å². The van der Waals surface area contributed by atoms with Crippen LogP contribution in [0.2, 0.25) is 0 Å². The standard InChI is InChI=1S/C14H11N3.C12H11N2/c1-16-12-8-4-5-9-13(12)17-11-7-3-2-6-10(11)15-14(16)17;1-13-10-6-2-3-7-11(10)14-9-5-4-8-12(13)14/h2-9H,1H3;2-9H,1H3/q;+1. The third-order valence-corrected chi connectivity index (χ3v) is 6.01. The fourth-order valence-electron chi connectivity index (χ4n) is 4.51. The van der Waals surface area contributed by atoms with Crippen molar-refractivity contribution in [2.45, 2.75) is 0 Å². The highest BCUT2D eigenvalue weighted by molar-refractivity contribution is 5.90. The molecule has 0 aliphatic carbocycles. The quantitative estimate of drug-likeness (QED) is 0.331. The maximum Gasteiger partial charge on any atom is 0.286 e. The molecule has 5 heteroatoms. The molecule has 0 amide bonds. The van der Waals surface area contributed by atoms with Crippen LogP contribution in [0.5, 0.6) is 0 Å². The van der Waals surface area contributed by atoms with E-state index in [0.29, 0.717) is 0 Å². The van der Waals surface area contributed by atoms with E-state index in [1.54, 1.807) is 0 Å². The molecule has 0 aliphatic rings. The van der Waals surface area contributed by atoms with Gasteiger partial charge in [-0.3, -0.25) is 4.40 Å². The van der Waals surface area contributed by atoms with Crippen molar-refractivity contribution in [3.05, 3.63) is 97.2 Å². The molecule has 0 saturated heterocycles. The van der Waals surface area contributed by atoms with Crippen LogP contribution >= 0.6 is 0 Å². The summed E-state index contributed by atoms with van der Waals surface area (Å²) in [6.07, 6.45) is 2.09. The predicted molar refractivity (Wildman–Crippen MR) is 125 cm³/mol. The lowest BCUT2D eigenvalue weighted by Crippen LogP contribution is -2.26. The lowest BCUT2D eigenvalue weighted by molar-refractivity contribution is -0.618. The van der Waals surface area contributed by atoms with E-state index in [1.165, 1.54) is 33.2 Å². The molecule has 0 saturated carbocycles. The van der Waals surface area contributed by atoms with E-state index in [4.69, 9.17) is 0 Å². The van der Waals surface area contributed by atoms with Crippen molar-refractivity contribution in [3.63, 3.8) is 0 Å². The summed E-state index contributed by atoms with van der Waals surface area (Å²) in [7, 11) is 4.15. The molecule has 0 aliphatic heterocycles. The summed E-state index contributed by atoms with van der Waals surface area (Å²) in [5, 5.41) is 0. The highest BCUT2D eigenvalue weighted by atomic mass is 15.2. The van der Waals surface area contributed by atoms with E-state index in [1.807, 2.05) is 6.07 Å². The van der Waals surface area contributed by atoms with Gasteiger partial charge in [-0.25, -0.2) is 9.55 Å². The van der Waals surface area contributed by atoms with Crippen LogP contribution in [0, 0.1) is 0 Å². The Morgan fingerprint density at radius 2 is 1.32 bits per heavy atom. The van der Waals surface area contributed by atoms with Gasteiger partial charge >= 0.3 is 0 Å². The van der Waals surface area contributed by atoms with Gasteiger partial charge in [-0.05, 0) is 42.5 Å². The molecule has 4 heterocycles. The van der Waals surface area contributed by atoms with Gasteiger partial charge in [-0.2, -0.15) is 4.40 Å². The van der Waals surface area contributed by atoms with E-state index in [-0.39, 0.29) is 0 Å². The lowest BCUT2D eigenvalue weighted by atomic mass is 10.3. The smallest absolute Gasteiger partial charge is 0.286 e. The zero-order chi connectivity index (χ0) is 20.9. The number of aryl methyl sites for hydroxylation is 2. The van der Waals surface area contributed by atoms with Crippen molar-refractivity contribution < 1.29 is 4.57 Å². The summed E-state index contributed by atoms with van der Waals surface area (Å²) in [6, 6.07) is 31.3. The second-order valence-corrected chi connectivity index (χ2v) is 7.76. The molecule has 5 nitrogen and oxygen atoms in total.